The lowest BCUT2D eigenvalue weighted by atomic mass is 9.99. The number of benzene rings is 1. The van der Waals surface area contributed by atoms with Crippen LogP contribution in [0.1, 0.15) is 12.8 Å². The van der Waals surface area contributed by atoms with Crippen LogP contribution in [-0.2, 0) is 14.8 Å². The average Bonchev–Trinajstić information content (AvgIpc) is 2.48. The van der Waals surface area contributed by atoms with E-state index in [0.717, 1.165) is 38.3 Å². The molecule has 1 aliphatic rings. The standard InChI is InChI=1S/C14H23N3O3S/c1-16-21(18,19)12-3-4-13(15)14(9-12)17(2)10-11-5-7-20-8-6-11/h3-4,9,11,16H,5-8,10,15H2,1-2H3. The van der Waals surface area contributed by atoms with Crippen molar-refractivity contribution in [3.63, 3.8) is 0 Å². The lowest BCUT2D eigenvalue weighted by molar-refractivity contribution is 0.0685. The third-order valence-corrected chi connectivity index (χ3v) is 5.28. The van der Waals surface area contributed by atoms with Crippen molar-refractivity contribution in [2.24, 2.45) is 5.92 Å². The van der Waals surface area contributed by atoms with E-state index in [-0.39, 0.29) is 4.90 Å². The smallest absolute Gasteiger partial charge is 0.240 e. The Bertz CT molecular complexity index is 583. The van der Waals surface area contributed by atoms with Crippen molar-refractivity contribution in [2.75, 3.05) is 44.5 Å². The van der Waals surface area contributed by atoms with E-state index in [0.29, 0.717) is 11.6 Å². The number of nitrogens with one attached hydrogen (secondary N) is 1. The minimum Gasteiger partial charge on any atom is -0.397 e. The molecule has 1 aliphatic heterocycles. The lowest BCUT2D eigenvalue weighted by Gasteiger charge is -2.29. The topological polar surface area (TPSA) is 84.7 Å². The van der Waals surface area contributed by atoms with E-state index < -0.39 is 10.0 Å². The predicted molar refractivity (Wildman–Crippen MR) is 83.9 cm³/mol. The summed E-state index contributed by atoms with van der Waals surface area (Å²) in [6.07, 6.45) is 2.05. The Hall–Kier alpha value is -1.31. The SMILES string of the molecule is CNS(=O)(=O)c1ccc(N)c(N(C)CC2CCOCC2)c1. The van der Waals surface area contributed by atoms with Gasteiger partial charge in [-0.1, -0.05) is 0 Å². The van der Waals surface area contributed by atoms with E-state index in [1.165, 1.54) is 13.1 Å². The number of hydrogen-bond donors (Lipinski definition) is 2. The van der Waals surface area contributed by atoms with Crippen LogP contribution in [0.3, 0.4) is 0 Å². The monoisotopic (exact) mass is 313 g/mol. The molecule has 2 rings (SSSR count). The number of anilines is 2. The van der Waals surface area contributed by atoms with Crippen LogP contribution in [-0.4, -0.2) is 42.3 Å². The number of nitrogens with zero attached hydrogens (tertiary/aromatic N) is 1. The number of sulfonamides is 1. The molecule has 1 fully saturated rings. The van der Waals surface area contributed by atoms with Gasteiger partial charge in [0, 0.05) is 26.8 Å². The largest absolute Gasteiger partial charge is 0.397 e. The molecule has 118 valence electrons. The first-order chi connectivity index (χ1) is 9.94. The van der Waals surface area contributed by atoms with Gasteiger partial charge in [0.2, 0.25) is 10.0 Å². The van der Waals surface area contributed by atoms with Gasteiger partial charge in [0.1, 0.15) is 0 Å². The maximum absolute atomic E-state index is 11.9. The molecule has 0 amide bonds. The van der Waals surface area contributed by atoms with Gasteiger partial charge in [-0.05, 0) is 44.0 Å². The van der Waals surface area contributed by atoms with E-state index in [1.54, 1.807) is 12.1 Å². The first-order valence-electron chi connectivity index (χ1n) is 7.06. The summed E-state index contributed by atoms with van der Waals surface area (Å²) in [4.78, 5) is 2.26. The molecule has 0 atom stereocenters. The van der Waals surface area contributed by atoms with E-state index in [1.807, 2.05) is 11.9 Å². The van der Waals surface area contributed by atoms with Gasteiger partial charge in [-0.2, -0.15) is 0 Å². The van der Waals surface area contributed by atoms with Crippen LogP contribution in [0, 0.1) is 5.92 Å². The van der Waals surface area contributed by atoms with E-state index in [4.69, 9.17) is 10.5 Å². The van der Waals surface area contributed by atoms with Crippen molar-refractivity contribution in [1.29, 1.82) is 0 Å². The van der Waals surface area contributed by atoms with Crippen molar-refractivity contribution >= 4 is 21.4 Å². The maximum atomic E-state index is 11.9. The number of nitrogen functional groups attached to an aromatic ring is 1. The molecule has 7 heteroatoms. The highest BCUT2D eigenvalue weighted by atomic mass is 32.2. The van der Waals surface area contributed by atoms with Gasteiger partial charge >= 0.3 is 0 Å². The second-order valence-electron chi connectivity index (χ2n) is 5.36. The summed E-state index contributed by atoms with van der Waals surface area (Å²) in [5.74, 6) is 0.549. The van der Waals surface area contributed by atoms with Gasteiger partial charge in [0.15, 0.2) is 0 Å². The summed E-state index contributed by atoms with van der Waals surface area (Å²) < 4.78 is 31.5. The molecule has 21 heavy (non-hydrogen) atoms. The fraction of sp³-hybridized carbons (Fsp3) is 0.571. The Morgan fingerprint density at radius 3 is 2.67 bits per heavy atom. The molecule has 1 aromatic rings. The summed E-state index contributed by atoms with van der Waals surface area (Å²) in [6, 6.07) is 4.79. The number of ether oxygens (including phenoxy) is 1. The Kier molecular flexibility index (Phi) is 5.08. The van der Waals surface area contributed by atoms with Crippen LogP contribution in [0.4, 0.5) is 11.4 Å². The molecule has 0 spiro atoms. The fourth-order valence-corrected chi connectivity index (χ4v) is 3.30. The van der Waals surface area contributed by atoms with Crippen molar-refractivity contribution in [2.45, 2.75) is 17.7 Å². The molecule has 0 unspecified atom stereocenters. The Balaban J connectivity index is 2.19. The van der Waals surface area contributed by atoms with Gasteiger partial charge in [-0.15, -0.1) is 0 Å². The van der Waals surface area contributed by atoms with Crippen molar-refractivity contribution < 1.29 is 13.2 Å². The van der Waals surface area contributed by atoms with Gasteiger partial charge in [-0.25, -0.2) is 13.1 Å². The summed E-state index contributed by atoms with van der Waals surface area (Å²) in [6.45, 7) is 2.43. The zero-order valence-electron chi connectivity index (χ0n) is 12.5. The second kappa shape index (κ2) is 6.64. The zero-order chi connectivity index (χ0) is 15.5. The molecule has 0 bridgehead atoms. The molecular formula is C14H23N3O3S. The molecular weight excluding hydrogens is 290 g/mol. The van der Waals surface area contributed by atoms with Crippen LogP contribution in [0.5, 0.6) is 0 Å². The Morgan fingerprint density at radius 2 is 2.05 bits per heavy atom. The fourth-order valence-electron chi connectivity index (χ4n) is 2.55. The van der Waals surface area contributed by atoms with Gasteiger partial charge in [-0.3, -0.25) is 0 Å². The molecule has 0 aliphatic carbocycles. The lowest BCUT2D eigenvalue weighted by Crippen LogP contribution is -2.30. The molecule has 1 heterocycles. The van der Waals surface area contributed by atoms with Crippen LogP contribution in [0.15, 0.2) is 23.1 Å². The normalized spacial score (nSPS) is 16.9. The van der Waals surface area contributed by atoms with Gasteiger partial charge in [0.05, 0.1) is 16.3 Å². The summed E-state index contributed by atoms with van der Waals surface area (Å²) in [5, 5.41) is 0. The van der Waals surface area contributed by atoms with Crippen LogP contribution < -0.4 is 15.4 Å². The number of rotatable bonds is 5. The molecule has 0 saturated carbocycles. The highest BCUT2D eigenvalue weighted by molar-refractivity contribution is 7.89. The third-order valence-electron chi connectivity index (χ3n) is 3.87. The molecule has 0 aromatic heterocycles. The zero-order valence-corrected chi connectivity index (χ0v) is 13.3. The third kappa shape index (κ3) is 3.87. The van der Waals surface area contributed by atoms with E-state index >= 15 is 0 Å². The first-order valence-corrected chi connectivity index (χ1v) is 8.54. The van der Waals surface area contributed by atoms with Gasteiger partial charge in [0.25, 0.3) is 0 Å². The van der Waals surface area contributed by atoms with Crippen molar-refractivity contribution in [3.05, 3.63) is 18.2 Å². The van der Waals surface area contributed by atoms with Crippen LogP contribution in [0.2, 0.25) is 0 Å². The number of hydrogen-bond acceptors (Lipinski definition) is 5. The van der Waals surface area contributed by atoms with E-state index in [2.05, 4.69) is 4.72 Å². The molecule has 1 saturated heterocycles. The Labute approximate surface area is 126 Å². The quantitative estimate of drug-likeness (QED) is 0.794. The average molecular weight is 313 g/mol. The predicted octanol–water partition coefficient (Wildman–Crippen LogP) is 1.04. The number of nitrogens with two attached hydrogens (primary N) is 1. The Morgan fingerprint density at radius 1 is 1.38 bits per heavy atom. The highest BCUT2D eigenvalue weighted by Crippen LogP contribution is 2.27. The maximum Gasteiger partial charge on any atom is 0.240 e. The summed E-state index contributed by atoms with van der Waals surface area (Å²) in [5.41, 5.74) is 7.33. The minimum absolute atomic E-state index is 0.230. The summed E-state index contributed by atoms with van der Waals surface area (Å²) in [7, 11) is -0.115. The van der Waals surface area contributed by atoms with Crippen LogP contribution >= 0.6 is 0 Å². The summed E-state index contributed by atoms with van der Waals surface area (Å²) >= 11 is 0. The molecule has 6 nitrogen and oxygen atoms in total. The van der Waals surface area contributed by atoms with E-state index in [9.17, 15) is 8.42 Å². The molecule has 0 radical (unpaired) electrons. The van der Waals surface area contributed by atoms with Gasteiger partial charge < -0.3 is 15.4 Å². The minimum atomic E-state index is -3.46. The van der Waals surface area contributed by atoms with Crippen molar-refractivity contribution in [3.8, 4) is 0 Å². The molecule has 3 N–H and O–H groups in total. The van der Waals surface area contributed by atoms with Crippen molar-refractivity contribution in [1.82, 2.24) is 4.72 Å². The van der Waals surface area contributed by atoms with Crippen LogP contribution in [0.25, 0.3) is 0 Å². The molecule has 1 aromatic carbocycles. The highest BCUT2D eigenvalue weighted by Gasteiger charge is 2.19. The second-order valence-corrected chi connectivity index (χ2v) is 7.25. The first kappa shape index (κ1) is 16.1.